The molecule has 0 aliphatic rings. The number of anilines is 3. The molecular weight excluding hydrogens is 252 g/mol. The van der Waals surface area contributed by atoms with Gasteiger partial charge in [0.15, 0.2) is 0 Å². The Labute approximate surface area is 122 Å². The summed E-state index contributed by atoms with van der Waals surface area (Å²) in [6.45, 7) is 9.46. The van der Waals surface area contributed by atoms with Crippen molar-refractivity contribution in [2.75, 3.05) is 36.2 Å². The van der Waals surface area contributed by atoms with Crippen LogP contribution in [0.5, 0.6) is 0 Å². The largest absolute Gasteiger partial charge is 0.354 e. The minimum atomic E-state index is 0.344. The molecule has 0 aliphatic heterocycles. The predicted octanol–water partition coefficient (Wildman–Crippen LogP) is 2.61. The van der Waals surface area contributed by atoms with Crippen LogP contribution in [0, 0.1) is 5.92 Å². The van der Waals surface area contributed by atoms with Crippen LogP contribution in [0.1, 0.15) is 40.5 Å². The molecule has 1 rings (SSSR count). The van der Waals surface area contributed by atoms with Crippen LogP contribution in [0.4, 0.5) is 17.8 Å². The van der Waals surface area contributed by atoms with E-state index in [9.17, 15) is 0 Å². The van der Waals surface area contributed by atoms with Gasteiger partial charge in [-0.2, -0.15) is 15.0 Å². The molecule has 1 aromatic rings. The van der Waals surface area contributed by atoms with Crippen molar-refractivity contribution in [1.82, 2.24) is 15.0 Å². The number of nitrogens with one attached hydrogen (secondary N) is 2. The molecule has 2 N–H and O–H groups in total. The third-order valence-corrected chi connectivity index (χ3v) is 3.19. The molecule has 0 fully saturated rings. The summed E-state index contributed by atoms with van der Waals surface area (Å²) in [4.78, 5) is 15.1. The Morgan fingerprint density at radius 3 is 2.25 bits per heavy atom. The highest BCUT2D eigenvalue weighted by Gasteiger charge is 2.12. The first kappa shape index (κ1) is 16.5. The van der Waals surface area contributed by atoms with Gasteiger partial charge in [0, 0.05) is 26.7 Å². The lowest BCUT2D eigenvalue weighted by molar-refractivity contribution is 0.482. The highest BCUT2D eigenvalue weighted by molar-refractivity contribution is 5.43. The second-order valence-corrected chi connectivity index (χ2v) is 5.50. The average Bonchev–Trinajstić information content (AvgIpc) is 2.38. The summed E-state index contributed by atoms with van der Waals surface area (Å²) < 4.78 is 0. The van der Waals surface area contributed by atoms with E-state index in [1.54, 1.807) is 0 Å². The van der Waals surface area contributed by atoms with Gasteiger partial charge >= 0.3 is 0 Å². The molecule has 6 nitrogen and oxygen atoms in total. The first-order chi connectivity index (χ1) is 9.46. The summed E-state index contributed by atoms with van der Waals surface area (Å²) in [6.07, 6.45) is 2.30. The fraction of sp³-hybridized carbons (Fsp3) is 0.786. The van der Waals surface area contributed by atoms with Crippen LogP contribution in [-0.4, -0.2) is 41.6 Å². The Kier molecular flexibility index (Phi) is 6.48. The van der Waals surface area contributed by atoms with E-state index in [4.69, 9.17) is 0 Å². The van der Waals surface area contributed by atoms with Crippen molar-refractivity contribution in [1.29, 1.82) is 0 Å². The smallest absolute Gasteiger partial charge is 0.231 e. The van der Waals surface area contributed by atoms with E-state index < -0.39 is 0 Å². The fourth-order valence-corrected chi connectivity index (χ4v) is 1.92. The molecule has 2 unspecified atom stereocenters. The number of hydrogen-bond acceptors (Lipinski definition) is 6. The van der Waals surface area contributed by atoms with Crippen molar-refractivity contribution in [3.63, 3.8) is 0 Å². The second kappa shape index (κ2) is 7.87. The Morgan fingerprint density at radius 1 is 1.05 bits per heavy atom. The highest BCUT2D eigenvalue weighted by atomic mass is 15.3. The summed E-state index contributed by atoms with van der Waals surface area (Å²) in [6, 6.07) is 0.344. The van der Waals surface area contributed by atoms with Gasteiger partial charge in [0.2, 0.25) is 17.8 Å². The van der Waals surface area contributed by atoms with Crippen molar-refractivity contribution in [3.8, 4) is 0 Å². The van der Waals surface area contributed by atoms with E-state index in [1.807, 2.05) is 25.9 Å². The molecule has 0 amide bonds. The zero-order chi connectivity index (χ0) is 15.1. The molecule has 0 spiro atoms. The van der Waals surface area contributed by atoms with Crippen LogP contribution in [0.25, 0.3) is 0 Å². The van der Waals surface area contributed by atoms with Crippen LogP contribution in [0.15, 0.2) is 0 Å². The van der Waals surface area contributed by atoms with E-state index in [0.717, 1.165) is 13.0 Å². The van der Waals surface area contributed by atoms with Gasteiger partial charge in [0.25, 0.3) is 0 Å². The van der Waals surface area contributed by atoms with Crippen LogP contribution in [0.3, 0.4) is 0 Å². The Morgan fingerprint density at radius 2 is 1.70 bits per heavy atom. The molecule has 0 radical (unpaired) electrons. The molecule has 114 valence electrons. The van der Waals surface area contributed by atoms with Gasteiger partial charge in [-0.05, 0) is 26.2 Å². The van der Waals surface area contributed by atoms with Gasteiger partial charge in [-0.3, -0.25) is 0 Å². The normalized spacial score (nSPS) is 13.7. The third kappa shape index (κ3) is 5.19. The molecule has 0 saturated heterocycles. The first-order valence-corrected chi connectivity index (χ1v) is 7.40. The predicted molar refractivity (Wildman–Crippen MR) is 85.5 cm³/mol. The maximum absolute atomic E-state index is 4.44. The van der Waals surface area contributed by atoms with E-state index in [2.05, 4.69) is 46.4 Å². The lowest BCUT2D eigenvalue weighted by Gasteiger charge is -2.19. The Balaban J connectivity index is 2.82. The molecule has 0 bridgehead atoms. The molecule has 0 aromatic carbocycles. The van der Waals surface area contributed by atoms with Crippen LogP contribution >= 0.6 is 0 Å². The third-order valence-electron chi connectivity index (χ3n) is 3.19. The standard InChI is InChI=1S/C14H28N6/c1-7-10(3)9-11(4)16-13-17-12(15-8-2)18-14(19-13)20(5)6/h10-11H,7-9H2,1-6H3,(H2,15,16,17,18,19). The topological polar surface area (TPSA) is 66.0 Å². The lowest BCUT2D eigenvalue weighted by atomic mass is 10.0. The molecule has 1 heterocycles. The summed E-state index contributed by atoms with van der Waals surface area (Å²) in [5.41, 5.74) is 0. The molecule has 20 heavy (non-hydrogen) atoms. The molecule has 2 atom stereocenters. The van der Waals surface area contributed by atoms with Gasteiger partial charge < -0.3 is 15.5 Å². The quantitative estimate of drug-likeness (QED) is 0.763. The minimum absolute atomic E-state index is 0.344. The Hall–Kier alpha value is -1.59. The maximum atomic E-state index is 4.44. The maximum Gasteiger partial charge on any atom is 0.231 e. The average molecular weight is 280 g/mol. The van der Waals surface area contributed by atoms with Crippen LogP contribution in [0.2, 0.25) is 0 Å². The number of rotatable bonds is 8. The van der Waals surface area contributed by atoms with Crippen LogP contribution < -0.4 is 15.5 Å². The van der Waals surface area contributed by atoms with Gasteiger partial charge in [0.1, 0.15) is 0 Å². The summed E-state index contributed by atoms with van der Waals surface area (Å²) in [5.74, 6) is 2.61. The van der Waals surface area contributed by atoms with Crippen molar-refractivity contribution in [3.05, 3.63) is 0 Å². The second-order valence-electron chi connectivity index (χ2n) is 5.50. The van der Waals surface area contributed by atoms with E-state index in [1.165, 1.54) is 6.42 Å². The van der Waals surface area contributed by atoms with Crippen molar-refractivity contribution in [2.45, 2.75) is 46.6 Å². The van der Waals surface area contributed by atoms with Crippen molar-refractivity contribution >= 4 is 17.8 Å². The van der Waals surface area contributed by atoms with Gasteiger partial charge in [0.05, 0.1) is 0 Å². The Bertz CT molecular complexity index is 407. The molecule has 1 aromatic heterocycles. The zero-order valence-electron chi connectivity index (χ0n) is 13.6. The summed E-state index contributed by atoms with van der Waals surface area (Å²) in [5, 5.41) is 6.51. The minimum Gasteiger partial charge on any atom is -0.354 e. The number of hydrogen-bond donors (Lipinski definition) is 2. The van der Waals surface area contributed by atoms with Crippen molar-refractivity contribution < 1.29 is 0 Å². The molecule has 0 saturated carbocycles. The van der Waals surface area contributed by atoms with E-state index >= 15 is 0 Å². The number of nitrogens with zero attached hydrogens (tertiary/aromatic N) is 4. The first-order valence-electron chi connectivity index (χ1n) is 7.40. The van der Waals surface area contributed by atoms with Gasteiger partial charge in [-0.1, -0.05) is 20.3 Å². The summed E-state index contributed by atoms with van der Waals surface area (Å²) >= 11 is 0. The molecular formula is C14H28N6. The zero-order valence-corrected chi connectivity index (χ0v) is 13.6. The van der Waals surface area contributed by atoms with Gasteiger partial charge in [-0.15, -0.1) is 0 Å². The fourth-order valence-electron chi connectivity index (χ4n) is 1.92. The van der Waals surface area contributed by atoms with Crippen molar-refractivity contribution in [2.24, 2.45) is 5.92 Å². The lowest BCUT2D eigenvalue weighted by Crippen LogP contribution is -2.22. The monoisotopic (exact) mass is 280 g/mol. The van der Waals surface area contributed by atoms with Crippen LogP contribution in [-0.2, 0) is 0 Å². The summed E-state index contributed by atoms with van der Waals surface area (Å²) in [7, 11) is 3.86. The molecule has 0 aliphatic carbocycles. The highest BCUT2D eigenvalue weighted by Crippen LogP contribution is 2.15. The van der Waals surface area contributed by atoms with E-state index in [-0.39, 0.29) is 0 Å². The van der Waals surface area contributed by atoms with Gasteiger partial charge in [-0.25, -0.2) is 0 Å². The number of aromatic nitrogens is 3. The SMILES string of the molecule is CCNc1nc(NC(C)CC(C)CC)nc(N(C)C)n1. The molecule has 6 heteroatoms. The van der Waals surface area contributed by atoms with E-state index in [0.29, 0.717) is 29.8 Å².